The van der Waals surface area contributed by atoms with Crippen LogP contribution in [0.1, 0.15) is 22.7 Å². The normalized spacial score (nSPS) is 12.9. The van der Waals surface area contributed by atoms with E-state index in [0.717, 1.165) is 12.0 Å². The van der Waals surface area contributed by atoms with Gasteiger partial charge in [0.25, 0.3) is 0 Å². The minimum atomic E-state index is -0.709. The third-order valence-corrected chi connectivity index (χ3v) is 3.63. The zero-order chi connectivity index (χ0) is 13.4. The van der Waals surface area contributed by atoms with Crippen LogP contribution in [0.15, 0.2) is 42.5 Å². The zero-order valence-corrected chi connectivity index (χ0v) is 11.9. The van der Waals surface area contributed by atoms with E-state index < -0.39 is 12.0 Å². The molecule has 2 aromatic carbocycles. The fraction of sp³-hybridized carbons (Fsp3) is 0.188. The van der Waals surface area contributed by atoms with E-state index >= 15 is 0 Å². The lowest BCUT2D eigenvalue weighted by atomic mass is 10.00. The Morgan fingerprint density at radius 2 is 1.85 bits per heavy atom. The van der Waals surface area contributed by atoms with Gasteiger partial charge in [-0.1, -0.05) is 42.5 Å². The first-order valence-electron chi connectivity index (χ1n) is 6.25. The van der Waals surface area contributed by atoms with Gasteiger partial charge in [0.2, 0.25) is 0 Å². The molecule has 0 heterocycles. The molecule has 0 saturated carbocycles. The van der Waals surface area contributed by atoms with Crippen LogP contribution in [0.25, 0.3) is 11.1 Å². The summed E-state index contributed by atoms with van der Waals surface area (Å²) in [7, 11) is 1.35. The van der Waals surface area contributed by atoms with Gasteiger partial charge < -0.3 is 10.5 Å². The van der Waals surface area contributed by atoms with Gasteiger partial charge in [0.15, 0.2) is 0 Å². The van der Waals surface area contributed by atoms with Crippen molar-refractivity contribution in [2.24, 2.45) is 5.73 Å². The minimum absolute atomic E-state index is 0. The highest BCUT2D eigenvalue weighted by Crippen LogP contribution is 2.37. The summed E-state index contributed by atoms with van der Waals surface area (Å²) in [5, 5.41) is 0. The highest BCUT2D eigenvalue weighted by Gasteiger charge is 2.21. The van der Waals surface area contributed by atoms with Crippen molar-refractivity contribution >= 4 is 18.4 Å². The van der Waals surface area contributed by atoms with E-state index in [1.54, 1.807) is 0 Å². The fourth-order valence-corrected chi connectivity index (χ4v) is 2.62. The smallest absolute Gasteiger partial charge is 0.327 e. The molecule has 0 spiro atoms. The van der Waals surface area contributed by atoms with Crippen molar-refractivity contribution in [2.45, 2.75) is 12.5 Å². The predicted molar refractivity (Wildman–Crippen MR) is 80.9 cm³/mol. The van der Waals surface area contributed by atoms with Crippen LogP contribution in [0, 0.1) is 0 Å². The highest BCUT2D eigenvalue weighted by atomic mass is 35.5. The molecule has 0 fully saturated rings. The average molecular weight is 290 g/mol. The van der Waals surface area contributed by atoms with E-state index in [-0.39, 0.29) is 12.4 Å². The average Bonchev–Trinajstić information content (AvgIpc) is 2.83. The van der Waals surface area contributed by atoms with Gasteiger partial charge in [0.05, 0.1) is 7.11 Å². The van der Waals surface area contributed by atoms with Crippen LogP contribution in [0.5, 0.6) is 0 Å². The standard InChI is InChI=1S/C16H15NO2.ClH/c1-19-16(18)15(17)11-6-7-14-12(9-11)8-10-4-2-3-5-13(10)14;/h2-7,9,15H,8,17H2,1H3;1H/t15-;/m0./s1. The Kier molecular flexibility index (Phi) is 4.12. The Bertz CT molecular complexity index is 655. The maximum atomic E-state index is 11.5. The van der Waals surface area contributed by atoms with Gasteiger partial charge in [0, 0.05) is 0 Å². The topological polar surface area (TPSA) is 52.3 Å². The highest BCUT2D eigenvalue weighted by molar-refractivity contribution is 5.85. The number of benzene rings is 2. The molecule has 0 saturated heterocycles. The Morgan fingerprint density at radius 3 is 2.60 bits per heavy atom. The van der Waals surface area contributed by atoms with Gasteiger partial charge in [-0.2, -0.15) is 0 Å². The Morgan fingerprint density at radius 1 is 1.15 bits per heavy atom. The summed E-state index contributed by atoms with van der Waals surface area (Å²) in [6.07, 6.45) is 0.896. The van der Waals surface area contributed by atoms with E-state index in [1.807, 2.05) is 30.3 Å². The number of rotatable bonds is 2. The number of carbonyl (C=O) groups excluding carboxylic acids is 1. The number of hydrogen-bond donors (Lipinski definition) is 1. The molecule has 1 aliphatic carbocycles. The van der Waals surface area contributed by atoms with Gasteiger partial charge >= 0.3 is 5.97 Å². The van der Waals surface area contributed by atoms with Crippen molar-refractivity contribution in [3.63, 3.8) is 0 Å². The van der Waals surface area contributed by atoms with Crippen molar-refractivity contribution in [1.29, 1.82) is 0 Å². The van der Waals surface area contributed by atoms with Crippen molar-refractivity contribution < 1.29 is 9.53 Å². The SMILES string of the molecule is COC(=O)[C@@H](N)c1ccc2c(c1)Cc1ccccc1-2.Cl. The van der Waals surface area contributed by atoms with E-state index in [2.05, 4.69) is 16.9 Å². The second kappa shape index (κ2) is 5.65. The molecule has 20 heavy (non-hydrogen) atoms. The molecule has 0 aliphatic heterocycles. The van der Waals surface area contributed by atoms with E-state index in [1.165, 1.54) is 29.4 Å². The first-order valence-corrected chi connectivity index (χ1v) is 6.25. The Balaban J connectivity index is 0.00000147. The molecule has 3 nitrogen and oxygen atoms in total. The number of nitrogens with two attached hydrogens (primary N) is 1. The molecule has 0 unspecified atom stereocenters. The summed E-state index contributed by atoms with van der Waals surface area (Å²) in [6, 6.07) is 13.6. The summed E-state index contributed by atoms with van der Waals surface area (Å²) < 4.78 is 4.68. The second-order valence-corrected chi connectivity index (χ2v) is 4.75. The summed E-state index contributed by atoms with van der Waals surface area (Å²) in [6.45, 7) is 0. The maximum absolute atomic E-state index is 11.5. The first-order chi connectivity index (χ1) is 9.20. The Hall–Kier alpha value is -1.84. The number of carbonyl (C=O) groups is 1. The van der Waals surface area contributed by atoms with Gasteiger partial charge in [-0.3, -0.25) is 4.79 Å². The zero-order valence-electron chi connectivity index (χ0n) is 11.1. The van der Waals surface area contributed by atoms with Gasteiger partial charge in [0.1, 0.15) is 6.04 Å². The lowest BCUT2D eigenvalue weighted by Crippen LogP contribution is -2.22. The summed E-state index contributed by atoms with van der Waals surface area (Å²) in [5.74, 6) is -0.407. The van der Waals surface area contributed by atoms with Crippen LogP contribution in [-0.2, 0) is 16.0 Å². The minimum Gasteiger partial charge on any atom is -0.468 e. The number of methoxy groups -OCH3 is 1. The summed E-state index contributed by atoms with van der Waals surface area (Å²) in [5.41, 5.74) is 11.7. The van der Waals surface area contributed by atoms with Crippen LogP contribution in [-0.4, -0.2) is 13.1 Å². The molecule has 2 aromatic rings. The molecule has 104 valence electrons. The maximum Gasteiger partial charge on any atom is 0.327 e. The number of hydrogen-bond acceptors (Lipinski definition) is 3. The van der Waals surface area contributed by atoms with E-state index in [9.17, 15) is 4.79 Å². The quantitative estimate of drug-likeness (QED) is 0.738. The largest absolute Gasteiger partial charge is 0.468 e. The molecule has 3 rings (SSSR count). The number of esters is 1. The lowest BCUT2D eigenvalue weighted by Gasteiger charge is -2.11. The van der Waals surface area contributed by atoms with Crippen LogP contribution in [0.2, 0.25) is 0 Å². The van der Waals surface area contributed by atoms with E-state index in [4.69, 9.17) is 5.73 Å². The Labute approximate surface area is 124 Å². The van der Waals surface area contributed by atoms with Crippen LogP contribution in [0.4, 0.5) is 0 Å². The van der Waals surface area contributed by atoms with Gasteiger partial charge in [-0.25, -0.2) is 0 Å². The molecular formula is C16H16ClNO2. The molecule has 2 N–H and O–H groups in total. The van der Waals surface area contributed by atoms with Gasteiger partial charge in [-0.05, 0) is 34.2 Å². The van der Waals surface area contributed by atoms with Crippen molar-refractivity contribution in [2.75, 3.05) is 7.11 Å². The molecule has 0 radical (unpaired) electrons. The van der Waals surface area contributed by atoms with E-state index in [0.29, 0.717) is 0 Å². The summed E-state index contributed by atoms with van der Waals surface area (Å²) >= 11 is 0. The third kappa shape index (κ3) is 2.30. The van der Waals surface area contributed by atoms with Crippen molar-refractivity contribution in [1.82, 2.24) is 0 Å². The number of fused-ring (bicyclic) bond motifs is 3. The molecule has 0 aromatic heterocycles. The van der Waals surface area contributed by atoms with Crippen LogP contribution >= 0.6 is 12.4 Å². The molecule has 0 amide bonds. The molecule has 0 bridgehead atoms. The second-order valence-electron chi connectivity index (χ2n) is 4.75. The lowest BCUT2D eigenvalue weighted by molar-refractivity contribution is -0.142. The molecular weight excluding hydrogens is 274 g/mol. The predicted octanol–water partition coefficient (Wildman–Crippen LogP) is 2.85. The monoisotopic (exact) mass is 289 g/mol. The summed E-state index contributed by atoms with van der Waals surface area (Å²) in [4.78, 5) is 11.5. The first kappa shape index (κ1) is 14.6. The number of halogens is 1. The van der Waals surface area contributed by atoms with Crippen molar-refractivity contribution in [3.8, 4) is 11.1 Å². The number of ether oxygens (including phenoxy) is 1. The van der Waals surface area contributed by atoms with Crippen LogP contribution < -0.4 is 5.73 Å². The molecule has 4 heteroatoms. The fourth-order valence-electron chi connectivity index (χ4n) is 2.62. The molecule has 1 atom stereocenters. The van der Waals surface area contributed by atoms with Gasteiger partial charge in [-0.15, -0.1) is 12.4 Å². The molecule has 1 aliphatic rings. The van der Waals surface area contributed by atoms with Crippen LogP contribution in [0.3, 0.4) is 0 Å². The van der Waals surface area contributed by atoms with Crippen molar-refractivity contribution in [3.05, 3.63) is 59.2 Å². The third-order valence-electron chi connectivity index (χ3n) is 3.63.